The van der Waals surface area contributed by atoms with Crippen molar-refractivity contribution in [3.8, 4) is 0 Å². The van der Waals surface area contributed by atoms with Crippen molar-refractivity contribution in [3.63, 3.8) is 0 Å². The molecule has 1 aromatic heterocycles. The lowest BCUT2D eigenvalue weighted by atomic mass is 10.0. The molecule has 0 atom stereocenters. The largest absolute Gasteiger partial charge is 0.416 e. The number of hydrogen-bond acceptors (Lipinski definition) is 2. The summed E-state index contributed by atoms with van der Waals surface area (Å²) in [7, 11) is 0. The number of hydrogen-bond donors (Lipinski definition) is 1. The van der Waals surface area contributed by atoms with E-state index in [1.165, 1.54) is 12.3 Å². The van der Waals surface area contributed by atoms with E-state index in [2.05, 4.69) is 4.98 Å². The van der Waals surface area contributed by atoms with Crippen molar-refractivity contribution in [1.29, 1.82) is 0 Å². The molecular weight excluding hydrogens is 378 g/mol. The third kappa shape index (κ3) is 4.07. The maximum atomic E-state index is 12.5. The van der Waals surface area contributed by atoms with Crippen molar-refractivity contribution >= 4 is 46.4 Å². The zero-order chi connectivity index (χ0) is 17.4. The van der Waals surface area contributed by atoms with Gasteiger partial charge in [0.15, 0.2) is 5.78 Å². The predicted octanol–water partition coefficient (Wildman–Crippen LogP) is 4.82. The van der Waals surface area contributed by atoms with Crippen LogP contribution in [0, 0.1) is 0 Å². The lowest BCUT2D eigenvalue weighted by Gasteiger charge is -2.07. The first-order chi connectivity index (χ1) is 10.5. The van der Waals surface area contributed by atoms with E-state index in [1.807, 2.05) is 0 Å². The Labute approximate surface area is 143 Å². The number of carbonyl (C=O) groups excluding carboxylic acids is 2. The molecule has 1 aromatic carbocycles. The number of ketones is 2. The number of rotatable bonds is 3. The fourth-order valence-corrected chi connectivity index (χ4v) is 2.09. The van der Waals surface area contributed by atoms with E-state index in [4.69, 9.17) is 34.8 Å². The van der Waals surface area contributed by atoms with Gasteiger partial charge in [-0.1, -0.05) is 46.9 Å². The highest BCUT2D eigenvalue weighted by Crippen LogP contribution is 2.31. The predicted molar refractivity (Wildman–Crippen MR) is 80.3 cm³/mol. The van der Waals surface area contributed by atoms with Gasteiger partial charge in [0.05, 0.1) is 11.3 Å². The molecule has 3 nitrogen and oxygen atoms in total. The van der Waals surface area contributed by atoms with Gasteiger partial charge in [-0.15, -0.1) is 0 Å². The first kappa shape index (κ1) is 17.8. The zero-order valence-electron chi connectivity index (χ0n) is 11.0. The minimum Gasteiger partial charge on any atom is -0.358 e. The number of aromatic amines is 1. The lowest BCUT2D eigenvalue weighted by Crippen LogP contribution is -2.19. The van der Waals surface area contributed by atoms with Crippen molar-refractivity contribution in [3.05, 3.63) is 58.9 Å². The van der Waals surface area contributed by atoms with Crippen molar-refractivity contribution in [1.82, 2.24) is 4.98 Å². The smallest absolute Gasteiger partial charge is 0.358 e. The van der Waals surface area contributed by atoms with Crippen LogP contribution in [0.25, 0.3) is 0 Å². The Morgan fingerprint density at radius 3 is 2.00 bits per heavy atom. The topological polar surface area (TPSA) is 49.9 Å². The van der Waals surface area contributed by atoms with Gasteiger partial charge in [-0.3, -0.25) is 9.59 Å². The molecule has 2 rings (SSSR count). The molecule has 9 heteroatoms. The van der Waals surface area contributed by atoms with E-state index in [0.717, 1.165) is 24.3 Å². The van der Waals surface area contributed by atoms with Crippen molar-refractivity contribution in [2.24, 2.45) is 0 Å². The molecule has 0 spiro atoms. The summed E-state index contributed by atoms with van der Waals surface area (Å²) in [5.74, 6) is -1.42. The van der Waals surface area contributed by atoms with Crippen LogP contribution in [-0.4, -0.2) is 20.3 Å². The number of H-pyrrole nitrogens is 1. The highest BCUT2D eigenvalue weighted by Gasteiger charge is 2.33. The van der Waals surface area contributed by atoms with E-state index >= 15 is 0 Å². The molecule has 1 N–H and O–H groups in total. The van der Waals surface area contributed by atoms with Crippen molar-refractivity contribution in [2.45, 2.75) is 9.97 Å². The average molecular weight is 385 g/mol. The Balaban J connectivity index is 2.25. The number of aromatic nitrogens is 1. The lowest BCUT2D eigenvalue weighted by molar-refractivity contribution is -0.137. The summed E-state index contributed by atoms with van der Waals surface area (Å²) < 4.78 is 35.3. The maximum Gasteiger partial charge on any atom is 0.416 e. The van der Waals surface area contributed by atoms with E-state index in [9.17, 15) is 22.8 Å². The van der Waals surface area contributed by atoms with Crippen LogP contribution < -0.4 is 0 Å². The van der Waals surface area contributed by atoms with E-state index in [0.29, 0.717) is 0 Å². The maximum absolute atomic E-state index is 12.5. The number of alkyl halides is 6. The van der Waals surface area contributed by atoms with Crippen LogP contribution in [0.1, 0.15) is 32.0 Å². The standard InChI is InChI=1S/C14H7Cl3F3NO2/c15-13(16,17)12(23)10-5-8(6-21-10)11(22)7-1-3-9(4-2-7)14(18,19)20/h1-6,21H. The molecule has 1 heterocycles. The van der Waals surface area contributed by atoms with Crippen LogP contribution in [0.3, 0.4) is 0 Å². The molecule has 0 fully saturated rings. The van der Waals surface area contributed by atoms with Gasteiger partial charge in [0, 0.05) is 17.3 Å². The second kappa shape index (κ2) is 6.19. The Morgan fingerprint density at radius 2 is 1.52 bits per heavy atom. The molecule has 0 amide bonds. The summed E-state index contributed by atoms with van der Waals surface area (Å²) in [6.45, 7) is 0. The minimum atomic E-state index is -4.49. The SMILES string of the molecule is O=C(c1ccc(C(F)(F)F)cc1)c1c[nH]c(C(=O)C(Cl)(Cl)Cl)c1. The van der Waals surface area contributed by atoms with E-state index in [-0.39, 0.29) is 16.8 Å². The van der Waals surface area contributed by atoms with Gasteiger partial charge in [-0.05, 0) is 18.2 Å². The summed E-state index contributed by atoms with van der Waals surface area (Å²) >= 11 is 16.4. The Kier molecular flexibility index (Phi) is 4.80. The van der Waals surface area contributed by atoms with E-state index < -0.39 is 27.1 Å². The highest BCUT2D eigenvalue weighted by atomic mass is 35.6. The van der Waals surface area contributed by atoms with Crippen LogP contribution in [-0.2, 0) is 6.18 Å². The minimum absolute atomic E-state index is 0.0323. The normalized spacial score (nSPS) is 12.3. The summed E-state index contributed by atoms with van der Waals surface area (Å²) in [6.07, 6.45) is -3.27. The summed E-state index contributed by atoms with van der Waals surface area (Å²) in [5.41, 5.74) is -0.873. The third-order valence-corrected chi connectivity index (χ3v) is 3.44. The molecular formula is C14H7Cl3F3NO2. The van der Waals surface area contributed by atoms with Crippen LogP contribution in [0.2, 0.25) is 0 Å². The molecule has 23 heavy (non-hydrogen) atoms. The Bertz CT molecular complexity index is 746. The van der Waals surface area contributed by atoms with E-state index in [1.54, 1.807) is 0 Å². The molecule has 122 valence electrons. The molecule has 0 radical (unpaired) electrons. The van der Waals surface area contributed by atoms with Crippen LogP contribution in [0.4, 0.5) is 13.2 Å². The molecule has 2 aromatic rings. The number of carbonyl (C=O) groups is 2. The molecule has 0 aliphatic rings. The summed E-state index contributed by atoms with van der Waals surface area (Å²) in [4.78, 5) is 26.4. The summed E-state index contributed by atoms with van der Waals surface area (Å²) in [6, 6.07) is 4.87. The first-order valence-corrected chi connectivity index (χ1v) is 7.15. The monoisotopic (exact) mass is 383 g/mol. The van der Waals surface area contributed by atoms with Gasteiger partial charge < -0.3 is 4.98 Å². The molecule has 0 bridgehead atoms. The van der Waals surface area contributed by atoms with Gasteiger partial charge in [0.25, 0.3) is 3.79 Å². The van der Waals surface area contributed by atoms with Gasteiger partial charge in [0.2, 0.25) is 5.78 Å². The molecule has 0 aliphatic carbocycles. The second-order valence-electron chi connectivity index (χ2n) is 4.53. The first-order valence-electron chi connectivity index (χ1n) is 6.02. The zero-order valence-corrected chi connectivity index (χ0v) is 13.3. The van der Waals surface area contributed by atoms with Gasteiger partial charge >= 0.3 is 6.18 Å². The summed E-state index contributed by atoms with van der Waals surface area (Å²) in [5, 5.41) is 0. The van der Waals surface area contributed by atoms with Crippen LogP contribution in [0.5, 0.6) is 0 Å². The highest BCUT2D eigenvalue weighted by molar-refractivity contribution is 6.77. The quantitative estimate of drug-likeness (QED) is 0.609. The van der Waals surface area contributed by atoms with Crippen LogP contribution >= 0.6 is 34.8 Å². The number of Topliss-reactive ketones (excluding diaryl/α,β-unsaturated/α-hetero) is 1. The molecule has 0 saturated heterocycles. The van der Waals surface area contributed by atoms with Gasteiger partial charge in [-0.25, -0.2) is 0 Å². The number of nitrogens with one attached hydrogen (secondary N) is 1. The number of halogens is 6. The number of benzene rings is 1. The fourth-order valence-electron chi connectivity index (χ4n) is 1.79. The molecule has 0 aliphatic heterocycles. The third-order valence-electron chi connectivity index (χ3n) is 2.92. The average Bonchev–Trinajstić information content (AvgIpc) is 2.93. The van der Waals surface area contributed by atoms with Gasteiger partial charge in [-0.2, -0.15) is 13.2 Å². The Morgan fingerprint density at radius 1 is 0.957 bits per heavy atom. The van der Waals surface area contributed by atoms with Gasteiger partial charge in [0.1, 0.15) is 0 Å². The van der Waals surface area contributed by atoms with Crippen molar-refractivity contribution in [2.75, 3.05) is 0 Å². The Hall–Kier alpha value is -1.50. The second-order valence-corrected chi connectivity index (χ2v) is 6.81. The molecule has 0 unspecified atom stereocenters. The van der Waals surface area contributed by atoms with Crippen molar-refractivity contribution < 1.29 is 22.8 Å². The molecule has 0 saturated carbocycles. The van der Waals surface area contributed by atoms with Crippen LogP contribution in [0.15, 0.2) is 36.5 Å². The fraction of sp³-hybridized carbons (Fsp3) is 0.143.